The van der Waals surface area contributed by atoms with Crippen LogP contribution in [0.2, 0.25) is 0 Å². The van der Waals surface area contributed by atoms with Crippen LogP contribution in [0.5, 0.6) is 0 Å². The molecular weight excluding hydrogens is 259 g/mol. The van der Waals surface area contributed by atoms with E-state index >= 15 is 0 Å². The smallest absolute Gasteiger partial charge is 0.169 e. The summed E-state index contributed by atoms with van der Waals surface area (Å²) in [7, 11) is 0. The number of hydrogen-bond acceptors (Lipinski definition) is 1. The summed E-state index contributed by atoms with van der Waals surface area (Å²) in [5.74, 6) is 1.17. The second-order valence-electron chi connectivity index (χ2n) is 5.64. The van der Waals surface area contributed by atoms with E-state index in [9.17, 15) is 4.39 Å². The van der Waals surface area contributed by atoms with Gasteiger partial charge in [0.15, 0.2) is 5.11 Å². The summed E-state index contributed by atoms with van der Waals surface area (Å²) in [6, 6.07) is 6.52. The Hall–Kier alpha value is -1.16. The molecule has 0 spiro atoms. The van der Waals surface area contributed by atoms with Crippen molar-refractivity contribution in [3.05, 3.63) is 35.6 Å². The van der Waals surface area contributed by atoms with Crippen LogP contribution in [-0.4, -0.2) is 23.1 Å². The topological polar surface area (TPSA) is 15.3 Å². The Kier molecular flexibility index (Phi) is 4.75. The Morgan fingerprint density at radius 3 is 2.42 bits per heavy atom. The highest BCUT2D eigenvalue weighted by molar-refractivity contribution is 7.80. The number of rotatable bonds is 2. The van der Waals surface area contributed by atoms with Crippen molar-refractivity contribution in [1.29, 1.82) is 0 Å². The molecule has 104 valence electrons. The summed E-state index contributed by atoms with van der Waals surface area (Å²) in [5, 5.41) is 4.07. The van der Waals surface area contributed by atoms with E-state index in [1.807, 2.05) is 0 Å². The van der Waals surface area contributed by atoms with Crippen molar-refractivity contribution in [1.82, 2.24) is 10.2 Å². The average molecular weight is 280 g/mol. The standard InChI is InChI=1S/C15H21FN2S/c1-11-7-12(2)10-18(9-11)15(19)17-8-13-3-5-14(16)6-4-13/h3-6,11-12H,7-10H2,1-2H3,(H,17,19)/t11-,12-/m0/s1. The van der Waals surface area contributed by atoms with E-state index in [1.54, 1.807) is 12.1 Å². The van der Waals surface area contributed by atoms with Crippen LogP contribution in [0, 0.1) is 17.7 Å². The number of nitrogens with one attached hydrogen (secondary N) is 1. The van der Waals surface area contributed by atoms with Crippen molar-refractivity contribution in [2.45, 2.75) is 26.8 Å². The van der Waals surface area contributed by atoms with Crippen molar-refractivity contribution >= 4 is 17.3 Å². The first-order valence-electron chi connectivity index (χ1n) is 6.82. The summed E-state index contributed by atoms with van der Waals surface area (Å²) in [6.07, 6.45) is 1.27. The Morgan fingerprint density at radius 2 is 1.84 bits per heavy atom. The molecule has 0 bridgehead atoms. The highest BCUT2D eigenvalue weighted by Crippen LogP contribution is 2.20. The molecule has 0 amide bonds. The van der Waals surface area contributed by atoms with Gasteiger partial charge < -0.3 is 10.2 Å². The highest BCUT2D eigenvalue weighted by atomic mass is 32.1. The second kappa shape index (κ2) is 6.33. The Bertz CT molecular complexity index is 422. The van der Waals surface area contributed by atoms with Gasteiger partial charge in [0, 0.05) is 19.6 Å². The van der Waals surface area contributed by atoms with Crippen LogP contribution in [0.4, 0.5) is 4.39 Å². The minimum Gasteiger partial charge on any atom is -0.358 e. The van der Waals surface area contributed by atoms with Crippen molar-refractivity contribution in [3.63, 3.8) is 0 Å². The Balaban J connectivity index is 1.85. The monoisotopic (exact) mass is 280 g/mol. The molecule has 2 atom stereocenters. The lowest BCUT2D eigenvalue weighted by Gasteiger charge is -2.36. The van der Waals surface area contributed by atoms with Gasteiger partial charge in [-0.05, 0) is 48.2 Å². The molecule has 1 saturated heterocycles. The van der Waals surface area contributed by atoms with Gasteiger partial charge in [0.1, 0.15) is 5.82 Å². The fourth-order valence-electron chi connectivity index (χ4n) is 2.72. The quantitative estimate of drug-likeness (QED) is 0.838. The fraction of sp³-hybridized carbons (Fsp3) is 0.533. The third kappa shape index (κ3) is 4.16. The van der Waals surface area contributed by atoms with Gasteiger partial charge in [-0.3, -0.25) is 0 Å². The van der Waals surface area contributed by atoms with Crippen LogP contribution in [0.3, 0.4) is 0 Å². The zero-order chi connectivity index (χ0) is 13.8. The second-order valence-corrected chi connectivity index (χ2v) is 6.02. The minimum atomic E-state index is -0.204. The van der Waals surface area contributed by atoms with Gasteiger partial charge in [-0.15, -0.1) is 0 Å². The molecule has 0 aromatic heterocycles. The number of hydrogen-bond donors (Lipinski definition) is 1. The molecule has 1 heterocycles. The summed E-state index contributed by atoms with van der Waals surface area (Å²) < 4.78 is 12.8. The highest BCUT2D eigenvalue weighted by Gasteiger charge is 2.23. The molecule has 1 aliphatic heterocycles. The predicted octanol–water partition coefficient (Wildman–Crippen LogP) is 3.18. The largest absolute Gasteiger partial charge is 0.358 e. The van der Waals surface area contributed by atoms with Crippen molar-refractivity contribution in [3.8, 4) is 0 Å². The van der Waals surface area contributed by atoms with Crippen LogP contribution >= 0.6 is 12.2 Å². The molecule has 1 N–H and O–H groups in total. The van der Waals surface area contributed by atoms with Gasteiger partial charge in [0.2, 0.25) is 0 Å². The van der Waals surface area contributed by atoms with Crippen LogP contribution in [0.1, 0.15) is 25.8 Å². The van der Waals surface area contributed by atoms with Gasteiger partial charge in [-0.1, -0.05) is 26.0 Å². The first-order valence-corrected chi connectivity index (χ1v) is 7.22. The van der Waals surface area contributed by atoms with Gasteiger partial charge in [0.05, 0.1) is 0 Å². The lowest BCUT2D eigenvalue weighted by Crippen LogP contribution is -2.47. The van der Waals surface area contributed by atoms with Crippen molar-refractivity contribution in [2.75, 3.05) is 13.1 Å². The van der Waals surface area contributed by atoms with E-state index in [2.05, 4.69) is 24.1 Å². The average Bonchev–Trinajstić information content (AvgIpc) is 2.36. The lowest BCUT2D eigenvalue weighted by atomic mass is 9.92. The SMILES string of the molecule is C[C@H]1C[C@H](C)CN(C(=S)NCc2ccc(F)cc2)C1. The predicted molar refractivity (Wildman–Crippen MR) is 80.4 cm³/mol. The van der Waals surface area contributed by atoms with E-state index < -0.39 is 0 Å². The molecule has 0 unspecified atom stereocenters. The summed E-state index contributed by atoms with van der Waals surface area (Å²) in [4.78, 5) is 2.25. The summed E-state index contributed by atoms with van der Waals surface area (Å²) in [6.45, 7) is 7.24. The van der Waals surface area contributed by atoms with Crippen LogP contribution in [-0.2, 0) is 6.54 Å². The zero-order valence-corrected chi connectivity index (χ0v) is 12.3. The Labute approximate surface area is 120 Å². The van der Waals surface area contributed by atoms with Crippen molar-refractivity contribution < 1.29 is 4.39 Å². The molecular formula is C15H21FN2S. The molecule has 2 rings (SSSR count). The van der Waals surface area contributed by atoms with Crippen molar-refractivity contribution in [2.24, 2.45) is 11.8 Å². The van der Waals surface area contributed by atoms with E-state index in [4.69, 9.17) is 12.2 Å². The molecule has 1 aromatic carbocycles. The number of benzene rings is 1. The maximum Gasteiger partial charge on any atom is 0.169 e. The van der Waals surface area contributed by atoms with Crippen LogP contribution in [0.15, 0.2) is 24.3 Å². The molecule has 19 heavy (non-hydrogen) atoms. The molecule has 1 fully saturated rings. The third-order valence-corrected chi connectivity index (χ3v) is 3.92. The number of thiocarbonyl (C=S) groups is 1. The molecule has 0 radical (unpaired) electrons. The molecule has 0 aliphatic carbocycles. The lowest BCUT2D eigenvalue weighted by molar-refractivity contribution is 0.212. The molecule has 4 heteroatoms. The van der Waals surface area contributed by atoms with Gasteiger partial charge in [-0.25, -0.2) is 4.39 Å². The normalized spacial score (nSPS) is 23.2. The van der Waals surface area contributed by atoms with Crippen LogP contribution < -0.4 is 5.32 Å². The first kappa shape index (κ1) is 14.3. The summed E-state index contributed by atoms with van der Waals surface area (Å²) in [5.41, 5.74) is 1.04. The number of likely N-dealkylation sites (tertiary alicyclic amines) is 1. The fourth-order valence-corrected chi connectivity index (χ4v) is 2.94. The van der Waals surface area contributed by atoms with Gasteiger partial charge in [0.25, 0.3) is 0 Å². The zero-order valence-electron chi connectivity index (χ0n) is 11.5. The van der Waals surface area contributed by atoms with Crippen LogP contribution in [0.25, 0.3) is 0 Å². The maximum absolute atomic E-state index is 12.8. The number of halogens is 1. The van der Waals surface area contributed by atoms with Gasteiger partial charge in [-0.2, -0.15) is 0 Å². The first-order chi connectivity index (χ1) is 9.04. The van der Waals surface area contributed by atoms with E-state index in [1.165, 1.54) is 18.6 Å². The minimum absolute atomic E-state index is 0.204. The van der Waals surface area contributed by atoms with E-state index in [0.29, 0.717) is 18.4 Å². The molecule has 1 aromatic rings. The molecule has 1 aliphatic rings. The summed E-state index contributed by atoms with van der Waals surface area (Å²) >= 11 is 5.45. The maximum atomic E-state index is 12.8. The van der Waals surface area contributed by atoms with E-state index in [-0.39, 0.29) is 5.82 Å². The number of nitrogens with zero attached hydrogens (tertiary/aromatic N) is 1. The molecule has 2 nitrogen and oxygen atoms in total. The Morgan fingerprint density at radius 1 is 1.26 bits per heavy atom. The number of piperidine rings is 1. The molecule has 0 saturated carbocycles. The van der Waals surface area contributed by atoms with Gasteiger partial charge >= 0.3 is 0 Å². The third-order valence-electron chi connectivity index (χ3n) is 3.51. The van der Waals surface area contributed by atoms with E-state index in [0.717, 1.165) is 23.8 Å².